The molecule has 1 aromatic carbocycles. The largest absolute Gasteiger partial charge is 0.480 e. The highest BCUT2D eigenvalue weighted by Crippen LogP contribution is 2.47. The summed E-state index contributed by atoms with van der Waals surface area (Å²) in [6, 6.07) is 3.93. The molecule has 22 heteroatoms. The van der Waals surface area contributed by atoms with E-state index in [4.69, 9.17) is 21.2 Å². The fourth-order valence-corrected chi connectivity index (χ4v) is 9.46. The first-order chi connectivity index (χ1) is 24.4. The van der Waals surface area contributed by atoms with Gasteiger partial charge < -0.3 is 24.6 Å². The van der Waals surface area contributed by atoms with E-state index in [2.05, 4.69) is 0 Å². The van der Waals surface area contributed by atoms with Crippen LogP contribution in [-0.4, -0.2) is 89.3 Å². The lowest BCUT2D eigenvalue weighted by molar-refractivity contribution is -0.140. The number of benzene rings is 1. The van der Waals surface area contributed by atoms with Crippen molar-refractivity contribution in [2.45, 2.75) is 44.7 Å². The van der Waals surface area contributed by atoms with Gasteiger partial charge in [0.1, 0.15) is 33.5 Å². The maximum Gasteiger partial charge on any atom is 0.323 e. The summed E-state index contributed by atoms with van der Waals surface area (Å²) in [7, 11) is -4.15. The SMILES string of the molecule is Cc1cc2c(cc1C)N(CCCCS(=O)(=O)O)C(=CC=c1o/c(=c3/sc(=C4SC(=S)N(CC(=O)O)C4=O)n(CC(=O)O)c3=O)n(CC(=O)O)c1=O)S2. The second-order valence-corrected chi connectivity index (χ2v) is 16.7. The lowest BCUT2D eigenvalue weighted by Crippen LogP contribution is -2.35. The van der Waals surface area contributed by atoms with E-state index < -0.39 is 80.5 Å². The van der Waals surface area contributed by atoms with Gasteiger partial charge in [0.05, 0.1) is 16.5 Å². The van der Waals surface area contributed by atoms with Crippen molar-refractivity contribution in [3.63, 3.8) is 0 Å². The van der Waals surface area contributed by atoms with E-state index in [1.165, 1.54) is 23.9 Å². The zero-order valence-electron chi connectivity index (χ0n) is 27.1. The van der Waals surface area contributed by atoms with E-state index in [-0.39, 0.29) is 25.7 Å². The molecule has 0 spiro atoms. The van der Waals surface area contributed by atoms with Crippen molar-refractivity contribution in [1.29, 1.82) is 0 Å². The molecule has 2 aliphatic heterocycles. The lowest BCUT2D eigenvalue weighted by Gasteiger charge is -2.20. The molecular weight excluding hydrogens is 785 g/mol. The number of thioether (sulfide) groups is 2. The summed E-state index contributed by atoms with van der Waals surface area (Å²) in [5.41, 5.74) is -0.0196. The minimum atomic E-state index is -4.15. The molecule has 0 bridgehead atoms. The van der Waals surface area contributed by atoms with Gasteiger partial charge in [-0.3, -0.25) is 47.4 Å². The average Bonchev–Trinajstić information content (AvgIpc) is 3.72. The van der Waals surface area contributed by atoms with Gasteiger partial charge in [0, 0.05) is 11.4 Å². The third-order valence-corrected chi connectivity index (χ3v) is 12.3. The number of aryl methyl sites for hydroxylation is 2. The van der Waals surface area contributed by atoms with Crippen LogP contribution in [-0.2, 0) is 42.4 Å². The number of allylic oxidation sites excluding steroid dienone is 1. The molecule has 0 unspecified atom stereocenters. The Balaban J connectivity index is 1.71. The van der Waals surface area contributed by atoms with Crippen molar-refractivity contribution in [3.05, 3.63) is 75.2 Å². The molecule has 0 aliphatic carbocycles. The number of fused-ring (bicyclic) bond motifs is 1. The summed E-state index contributed by atoms with van der Waals surface area (Å²) in [6.45, 7) is 1.53. The number of carboxylic acids is 3. The number of carbonyl (C=O) groups excluding carboxylic acids is 1. The lowest BCUT2D eigenvalue weighted by atomic mass is 10.1. The number of thiazole rings is 1. The van der Waals surface area contributed by atoms with Crippen LogP contribution in [0, 0.1) is 23.9 Å². The van der Waals surface area contributed by atoms with E-state index in [1.807, 2.05) is 30.9 Å². The number of aromatic nitrogens is 2. The molecule has 1 amide bonds. The van der Waals surface area contributed by atoms with Crippen LogP contribution < -0.4 is 26.1 Å². The molecule has 52 heavy (non-hydrogen) atoms. The van der Waals surface area contributed by atoms with Crippen molar-refractivity contribution in [2.75, 3.05) is 23.7 Å². The molecule has 0 atom stereocenters. The fraction of sp³-hybridized carbons (Fsp3) is 0.300. The van der Waals surface area contributed by atoms with Crippen LogP contribution in [0.15, 0.2) is 42.1 Å². The number of thiocarbonyl (C=S) groups is 1. The Morgan fingerprint density at radius 3 is 2.13 bits per heavy atom. The summed E-state index contributed by atoms with van der Waals surface area (Å²) in [5.74, 6) is -5.62. The second-order valence-electron chi connectivity index (χ2n) is 11.4. The molecule has 5 rings (SSSR count). The zero-order valence-corrected chi connectivity index (χ0v) is 31.1. The fourth-order valence-electron chi connectivity index (χ4n) is 5.18. The smallest absolute Gasteiger partial charge is 0.323 e. The quantitative estimate of drug-likeness (QED) is 0.112. The summed E-state index contributed by atoms with van der Waals surface area (Å²) in [4.78, 5) is 78.6. The predicted molar refractivity (Wildman–Crippen MR) is 194 cm³/mol. The van der Waals surface area contributed by atoms with Crippen molar-refractivity contribution in [1.82, 2.24) is 14.0 Å². The van der Waals surface area contributed by atoms with Gasteiger partial charge in [-0.05, 0) is 62.1 Å². The predicted octanol–water partition coefficient (Wildman–Crippen LogP) is 0.693. The van der Waals surface area contributed by atoms with Crippen molar-refractivity contribution >= 4 is 102 Å². The molecule has 276 valence electrons. The number of hydrogen-bond acceptors (Lipinski definition) is 14. The van der Waals surface area contributed by atoms with Gasteiger partial charge >= 0.3 is 17.9 Å². The topological polar surface area (TPSA) is 247 Å². The molecule has 2 aliphatic rings. The Hall–Kier alpha value is -4.48. The van der Waals surface area contributed by atoms with Gasteiger partial charge in [0.2, 0.25) is 5.55 Å². The monoisotopic (exact) mass is 812 g/mol. The van der Waals surface area contributed by atoms with Crippen LogP contribution in [0.2, 0.25) is 0 Å². The van der Waals surface area contributed by atoms with Crippen LogP contribution in [0.4, 0.5) is 5.69 Å². The highest BCUT2D eigenvalue weighted by Gasteiger charge is 2.36. The average molecular weight is 813 g/mol. The number of unbranched alkanes of at least 4 members (excludes halogenated alkanes) is 1. The Labute approximate surface area is 310 Å². The van der Waals surface area contributed by atoms with Crippen LogP contribution in [0.1, 0.15) is 24.0 Å². The number of hydrogen-bond donors (Lipinski definition) is 4. The minimum absolute atomic E-state index is 0.151. The van der Waals surface area contributed by atoms with E-state index in [1.54, 1.807) is 0 Å². The molecule has 0 saturated carbocycles. The maximum absolute atomic E-state index is 13.7. The van der Waals surface area contributed by atoms with Gasteiger partial charge in [-0.25, -0.2) is 0 Å². The third-order valence-electron chi connectivity index (χ3n) is 7.67. The number of amides is 1. The Morgan fingerprint density at radius 2 is 1.50 bits per heavy atom. The molecule has 3 aromatic rings. The van der Waals surface area contributed by atoms with Crippen LogP contribution in [0.3, 0.4) is 0 Å². The standard InChI is InChI=1S/C30H28N4O13S5/c1-14-9-16-18(10-15(14)2)49-19(31(16)7-3-4-8-52(44,45)46)6-5-17-25(41)32(11-20(35)36)28(47-17)23-26(42)33(12-21(37)38)29(50-23)24-27(43)34(13-22(39)40)30(48)51-24/h5-6,9-10H,3-4,7-8,11-13H2,1-2H3,(H,35,36)(H,37,38)(H,39,40)(H,44,45,46)/b17-5?,19-6?,28-23+,29-24?. The van der Waals surface area contributed by atoms with Gasteiger partial charge in [0.25, 0.3) is 27.1 Å². The number of carbonyl (C=O) groups is 4. The minimum Gasteiger partial charge on any atom is -0.480 e. The van der Waals surface area contributed by atoms with Crippen molar-refractivity contribution < 1.29 is 51.9 Å². The normalized spacial score (nSPS) is 17.4. The Bertz CT molecular complexity index is 2550. The van der Waals surface area contributed by atoms with Gasteiger partial charge in [-0.2, -0.15) is 8.42 Å². The van der Waals surface area contributed by atoms with E-state index >= 15 is 0 Å². The summed E-state index contributed by atoms with van der Waals surface area (Å²) in [5, 5.41) is 29.0. The highest BCUT2D eigenvalue weighted by atomic mass is 32.2. The molecule has 2 aromatic heterocycles. The van der Waals surface area contributed by atoms with Crippen LogP contribution >= 0.6 is 47.1 Å². The van der Waals surface area contributed by atoms with Crippen molar-refractivity contribution in [2.24, 2.45) is 0 Å². The van der Waals surface area contributed by atoms with E-state index in [0.717, 1.165) is 31.2 Å². The molecule has 1 saturated heterocycles. The number of anilines is 1. The number of oxazole rings is 1. The van der Waals surface area contributed by atoms with E-state index in [0.29, 0.717) is 45.7 Å². The molecular formula is C30H28N4O13S5. The Kier molecular flexibility index (Phi) is 11.4. The van der Waals surface area contributed by atoms with Gasteiger partial charge in [-0.1, -0.05) is 35.7 Å². The number of nitrogens with zero attached hydrogens (tertiary/aromatic N) is 4. The van der Waals surface area contributed by atoms with E-state index in [9.17, 15) is 52.5 Å². The first-order valence-electron chi connectivity index (χ1n) is 15.0. The first kappa shape index (κ1) is 38.7. The molecule has 17 nitrogen and oxygen atoms in total. The van der Waals surface area contributed by atoms with Gasteiger partial charge in [0.15, 0.2) is 9.95 Å². The summed E-state index contributed by atoms with van der Waals surface area (Å²) >= 11 is 7.68. The molecule has 4 heterocycles. The van der Waals surface area contributed by atoms with Crippen LogP contribution in [0.25, 0.3) is 11.0 Å². The summed E-state index contributed by atoms with van der Waals surface area (Å²) in [6.07, 6.45) is 3.37. The third kappa shape index (κ3) is 8.26. The number of carboxylic acid groups (broad SMARTS) is 3. The van der Waals surface area contributed by atoms with Crippen molar-refractivity contribution in [3.8, 4) is 0 Å². The zero-order chi connectivity index (χ0) is 38.2. The molecule has 1 fully saturated rings. The number of aliphatic carboxylic acids is 3. The number of rotatable bonds is 12. The molecule has 4 N–H and O–H groups in total. The van der Waals surface area contributed by atoms with Crippen LogP contribution in [0.5, 0.6) is 0 Å². The second kappa shape index (κ2) is 15.2. The first-order valence-corrected chi connectivity index (χ1v) is 19.4. The van der Waals surface area contributed by atoms with Gasteiger partial charge in [-0.15, -0.1) is 11.3 Å². The molecule has 0 radical (unpaired) electrons. The Morgan fingerprint density at radius 1 is 0.865 bits per heavy atom. The highest BCUT2D eigenvalue weighted by molar-refractivity contribution is 8.30. The summed E-state index contributed by atoms with van der Waals surface area (Å²) < 4.78 is 38.1. The maximum atomic E-state index is 13.7.